The lowest BCUT2D eigenvalue weighted by atomic mass is 10.3. The van der Waals surface area contributed by atoms with Crippen molar-refractivity contribution in [2.45, 2.75) is 24.0 Å². The van der Waals surface area contributed by atoms with Gasteiger partial charge in [-0.3, -0.25) is 0 Å². The van der Waals surface area contributed by atoms with Gasteiger partial charge in [-0.15, -0.1) is 0 Å². The quantitative estimate of drug-likeness (QED) is 0.179. The maximum absolute atomic E-state index is 10.7. The van der Waals surface area contributed by atoms with E-state index in [4.69, 9.17) is 25.9 Å². The van der Waals surface area contributed by atoms with Crippen LogP contribution in [0.4, 0.5) is 32.3 Å². The molecule has 2 rings (SSSR count). The Balaban J connectivity index is 0.000000408. The fourth-order valence-electron chi connectivity index (χ4n) is 1.81. The summed E-state index contributed by atoms with van der Waals surface area (Å²) in [5.41, 5.74) is -11.3. The van der Waals surface area contributed by atoms with Gasteiger partial charge in [0.05, 0.1) is 20.6 Å². The predicted octanol–water partition coefficient (Wildman–Crippen LogP) is 0.442. The van der Waals surface area contributed by atoms with Gasteiger partial charge in [-0.2, -0.15) is 30.9 Å². The molecule has 28 heavy (non-hydrogen) atoms. The van der Waals surface area contributed by atoms with E-state index < -0.39 is 31.3 Å². The Labute approximate surface area is 156 Å². The summed E-state index contributed by atoms with van der Waals surface area (Å²) >= 11 is 0. The number of aromatic nitrogens is 2. The van der Waals surface area contributed by atoms with Crippen LogP contribution in [0.25, 0.3) is 0 Å². The van der Waals surface area contributed by atoms with Gasteiger partial charge in [0, 0.05) is 17.5 Å². The van der Waals surface area contributed by atoms with Crippen LogP contribution in [-0.2, 0) is 26.8 Å². The van der Waals surface area contributed by atoms with Crippen molar-refractivity contribution in [1.29, 1.82) is 0 Å². The minimum Gasteiger partial charge on any atom is -0.741 e. The second-order valence-electron chi connectivity index (χ2n) is 5.67. The Bertz CT molecular complexity index is 826. The summed E-state index contributed by atoms with van der Waals surface area (Å²) in [6.07, 6.45) is 5.23. The van der Waals surface area contributed by atoms with Crippen molar-refractivity contribution in [3.8, 4) is 0 Å². The highest BCUT2D eigenvalue weighted by molar-refractivity contribution is 7.86. The van der Waals surface area contributed by atoms with Crippen molar-refractivity contribution in [3.63, 3.8) is 0 Å². The fourth-order valence-corrected chi connectivity index (χ4v) is 1.81. The number of alkyl halides is 6. The van der Waals surface area contributed by atoms with Crippen LogP contribution in [0.5, 0.6) is 0 Å². The molecule has 0 fully saturated rings. The fraction of sp³-hybridized carbons (Fsp3) is 0.636. The lowest BCUT2D eigenvalue weighted by molar-refractivity contribution is -0.699. The van der Waals surface area contributed by atoms with Crippen molar-refractivity contribution in [2.24, 2.45) is 0 Å². The second kappa shape index (κ2) is 8.85. The largest absolute Gasteiger partial charge is 0.741 e. The van der Waals surface area contributed by atoms with Gasteiger partial charge in [-0.25, -0.2) is 21.3 Å². The molecular weight excluding hydrogens is 448 g/mol. The molecule has 2 heterocycles. The zero-order chi connectivity index (χ0) is 22.6. The highest BCUT2D eigenvalue weighted by atomic mass is 32.2. The first-order valence-corrected chi connectivity index (χ1v) is 9.74. The summed E-state index contributed by atoms with van der Waals surface area (Å²) in [6.45, 7) is 2.31. The van der Waals surface area contributed by atoms with Crippen LogP contribution < -0.4 is 9.05 Å². The number of quaternary nitrogens is 1. The van der Waals surface area contributed by atoms with E-state index >= 15 is 0 Å². The molecule has 1 aliphatic rings. The maximum atomic E-state index is 10.7. The van der Waals surface area contributed by atoms with Crippen molar-refractivity contribution in [1.82, 2.24) is 9.47 Å². The highest BCUT2D eigenvalue weighted by Crippen LogP contribution is 2.21. The van der Waals surface area contributed by atoms with Gasteiger partial charge in [-0.1, -0.05) is 0 Å². The Morgan fingerprint density at radius 2 is 1.39 bits per heavy atom. The summed E-state index contributed by atoms with van der Waals surface area (Å²) in [5.74, 6) is 1.17. The van der Waals surface area contributed by atoms with Gasteiger partial charge < -0.3 is 9.11 Å². The third-order valence-corrected chi connectivity index (χ3v) is 4.16. The third-order valence-electron chi connectivity index (χ3n) is 3.02. The first-order chi connectivity index (χ1) is 12.2. The van der Waals surface area contributed by atoms with Gasteiger partial charge in [-0.05, 0) is 0 Å². The number of halogens is 6. The molecule has 0 bridgehead atoms. The van der Waals surface area contributed by atoms with Crippen molar-refractivity contribution >= 4 is 26.2 Å². The third kappa shape index (κ3) is 8.21. The van der Waals surface area contributed by atoms with Crippen LogP contribution in [0.15, 0.2) is 18.5 Å². The van der Waals surface area contributed by atoms with Crippen LogP contribution in [0.1, 0.15) is 6.42 Å². The average molecular weight is 463 g/mol. The standard InChI is InChI=1S/C9H15N3.2CHF3O3S/c1-12(2)8-4-7-11-6-3-5-10-9(11)12;2*2-1(3,4)8(5,6)7/h3,5-6H,4,7-8H2,1-2H3;2*(H,5,6,7)/q+2;;/p-2. The van der Waals surface area contributed by atoms with Gasteiger partial charge >= 0.3 is 17.0 Å². The number of hydrogen-bond acceptors (Lipinski definition) is 7. The number of hydrogen-bond donors (Lipinski definition) is 0. The van der Waals surface area contributed by atoms with Crippen LogP contribution in [0, 0.1) is 0 Å². The van der Waals surface area contributed by atoms with Crippen molar-refractivity contribution < 1.29 is 56.9 Å². The number of rotatable bonds is 0. The molecule has 0 aliphatic carbocycles. The van der Waals surface area contributed by atoms with Gasteiger partial charge in [0.25, 0.3) is 0 Å². The maximum Gasteiger partial charge on any atom is 0.496 e. The molecule has 0 N–H and O–H groups in total. The topological polar surface area (TPSA) is 131 Å². The second-order valence-corrected chi connectivity index (χ2v) is 8.42. The normalized spacial score (nSPS) is 16.6. The zero-order valence-electron chi connectivity index (χ0n) is 14.2. The summed E-state index contributed by atoms with van der Waals surface area (Å²) in [6, 6.07) is 1.99. The molecule has 1 aromatic heterocycles. The molecule has 0 saturated carbocycles. The monoisotopic (exact) mass is 463 g/mol. The number of aryl methyl sites for hydroxylation is 1. The van der Waals surface area contributed by atoms with E-state index in [2.05, 4.69) is 29.8 Å². The minimum atomic E-state index is -6.09. The molecule has 164 valence electrons. The van der Waals surface area contributed by atoms with E-state index in [0.717, 1.165) is 11.0 Å². The molecule has 0 radical (unpaired) electrons. The molecular formula is C11H15F6N3O6S2. The molecule has 0 atom stereocenters. The summed E-state index contributed by atoms with van der Waals surface area (Å²) in [5, 5.41) is 0. The van der Waals surface area contributed by atoms with Gasteiger partial charge in [0.15, 0.2) is 20.2 Å². The zero-order valence-corrected chi connectivity index (χ0v) is 15.9. The Hall–Kier alpha value is -1.56. The summed E-state index contributed by atoms with van der Waals surface area (Å²) in [7, 11) is -7.77. The molecule has 1 aliphatic heterocycles. The number of nitrogens with zero attached hydrogens (tertiary/aromatic N) is 3. The van der Waals surface area contributed by atoms with E-state index in [1.54, 1.807) is 0 Å². The van der Waals surface area contributed by atoms with Crippen LogP contribution in [0.2, 0.25) is 0 Å². The van der Waals surface area contributed by atoms with Crippen LogP contribution in [0.3, 0.4) is 0 Å². The molecule has 1 aromatic rings. The number of fused-ring (bicyclic) bond motifs is 1. The lowest BCUT2D eigenvalue weighted by Crippen LogP contribution is -2.57. The molecule has 0 unspecified atom stereocenters. The molecule has 9 nitrogen and oxygen atoms in total. The molecule has 0 amide bonds. The summed E-state index contributed by atoms with van der Waals surface area (Å²) in [4.78, 5) is 4.41. The van der Waals surface area contributed by atoms with Crippen molar-refractivity contribution in [2.75, 3.05) is 20.6 Å². The minimum absolute atomic E-state index is 0.904. The Morgan fingerprint density at radius 3 is 1.71 bits per heavy atom. The van der Waals surface area contributed by atoms with Crippen LogP contribution >= 0.6 is 0 Å². The first-order valence-electron chi connectivity index (χ1n) is 6.92. The van der Waals surface area contributed by atoms with Crippen molar-refractivity contribution in [3.05, 3.63) is 18.5 Å². The lowest BCUT2D eigenvalue weighted by Gasteiger charge is -2.27. The Morgan fingerprint density at radius 1 is 1.00 bits per heavy atom. The highest BCUT2D eigenvalue weighted by Gasteiger charge is 2.37. The smallest absolute Gasteiger partial charge is 0.496 e. The molecule has 0 aromatic carbocycles. The molecule has 0 saturated heterocycles. The SMILES string of the molecule is C[N+]1(C)CCC[n+]2cccnc21.O=S(=O)([O-])C(F)(F)F.O=S(=O)([O-])C(F)(F)F. The summed E-state index contributed by atoms with van der Waals surface area (Å²) < 4.78 is 121. The first kappa shape index (κ1) is 26.4. The van der Waals surface area contributed by atoms with E-state index in [0.29, 0.717) is 0 Å². The average Bonchev–Trinajstić information content (AvgIpc) is 2.44. The molecule has 0 spiro atoms. The Kier molecular flexibility index (Phi) is 8.36. The van der Waals surface area contributed by atoms with E-state index in [1.807, 2.05) is 12.3 Å². The predicted molar refractivity (Wildman–Crippen MR) is 79.1 cm³/mol. The van der Waals surface area contributed by atoms with Crippen LogP contribution in [-0.4, -0.2) is 62.6 Å². The van der Waals surface area contributed by atoms with Gasteiger partial charge in [0.2, 0.25) is 0 Å². The van der Waals surface area contributed by atoms with E-state index in [1.165, 1.54) is 18.9 Å². The van der Waals surface area contributed by atoms with E-state index in [9.17, 15) is 26.3 Å². The van der Waals surface area contributed by atoms with E-state index in [-0.39, 0.29) is 0 Å². The van der Waals surface area contributed by atoms with Gasteiger partial charge in [0.1, 0.15) is 18.9 Å². The molecule has 17 heteroatoms.